The predicted molar refractivity (Wildman–Crippen MR) is 68.2 cm³/mol. The lowest BCUT2D eigenvalue weighted by molar-refractivity contribution is 0.536. The third-order valence-electron chi connectivity index (χ3n) is 3.02. The van der Waals surface area contributed by atoms with Crippen LogP contribution >= 0.6 is 22.9 Å². The second kappa shape index (κ2) is 4.17. The molecule has 0 unspecified atom stereocenters. The van der Waals surface area contributed by atoms with Gasteiger partial charge in [-0.05, 0) is 31.4 Å². The van der Waals surface area contributed by atoms with Gasteiger partial charge in [0.2, 0.25) is 0 Å². The smallest absolute Gasteiger partial charge is 0.162 e. The summed E-state index contributed by atoms with van der Waals surface area (Å²) in [6, 6.07) is 6.04. The van der Waals surface area contributed by atoms with Gasteiger partial charge in [-0.15, -0.1) is 11.3 Å². The van der Waals surface area contributed by atoms with E-state index in [0.717, 1.165) is 46.5 Å². The summed E-state index contributed by atoms with van der Waals surface area (Å²) in [4.78, 5) is 5.49. The van der Waals surface area contributed by atoms with E-state index in [1.54, 1.807) is 0 Å². The standard InChI is InChI=1S/C12H10ClN3S/c13-11-5-4-10(17-11)12-15-8(7-14)9-3-1-2-6-16(9)12/h4-5H,1-3,6H2. The first-order valence-electron chi connectivity index (χ1n) is 5.55. The van der Waals surface area contributed by atoms with E-state index in [2.05, 4.69) is 15.6 Å². The first-order chi connectivity index (χ1) is 8.29. The Kier molecular flexibility index (Phi) is 2.65. The molecule has 86 valence electrons. The molecule has 0 bridgehead atoms. The first kappa shape index (κ1) is 10.8. The molecule has 2 aromatic heterocycles. The fourth-order valence-electron chi connectivity index (χ4n) is 2.26. The summed E-state index contributed by atoms with van der Waals surface area (Å²) in [5, 5.41) is 9.11. The zero-order chi connectivity index (χ0) is 11.8. The SMILES string of the molecule is N#Cc1nc(-c2ccc(Cl)s2)n2c1CCCC2. The predicted octanol–water partition coefficient (Wildman–Crippen LogP) is 3.47. The molecule has 0 radical (unpaired) electrons. The van der Waals surface area contributed by atoms with Crippen LogP contribution < -0.4 is 0 Å². The van der Waals surface area contributed by atoms with Crippen molar-refractivity contribution in [1.82, 2.24) is 9.55 Å². The Balaban J connectivity index is 2.17. The molecule has 1 aliphatic heterocycles. The van der Waals surface area contributed by atoms with Crippen LogP contribution in [0.3, 0.4) is 0 Å². The summed E-state index contributed by atoms with van der Waals surface area (Å²) >= 11 is 7.46. The molecule has 0 aliphatic carbocycles. The summed E-state index contributed by atoms with van der Waals surface area (Å²) in [5.41, 5.74) is 1.66. The summed E-state index contributed by atoms with van der Waals surface area (Å²) in [6.45, 7) is 0.953. The number of halogens is 1. The molecule has 0 fully saturated rings. The summed E-state index contributed by atoms with van der Waals surface area (Å²) in [6.07, 6.45) is 3.25. The average molecular weight is 264 g/mol. The molecule has 2 aromatic rings. The quantitative estimate of drug-likeness (QED) is 0.790. The first-order valence-corrected chi connectivity index (χ1v) is 6.74. The Morgan fingerprint density at radius 3 is 3.00 bits per heavy atom. The highest BCUT2D eigenvalue weighted by molar-refractivity contribution is 7.19. The van der Waals surface area contributed by atoms with Crippen LogP contribution in [0.15, 0.2) is 12.1 Å². The molecular formula is C12H10ClN3S. The largest absolute Gasteiger partial charge is 0.326 e. The van der Waals surface area contributed by atoms with Gasteiger partial charge in [0.25, 0.3) is 0 Å². The number of thiophene rings is 1. The minimum Gasteiger partial charge on any atom is -0.326 e. The number of rotatable bonds is 1. The fraction of sp³-hybridized carbons (Fsp3) is 0.333. The monoisotopic (exact) mass is 263 g/mol. The van der Waals surface area contributed by atoms with Gasteiger partial charge >= 0.3 is 0 Å². The number of nitriles is 1. The van der Waals surface area contributed by atoms with E-state index in [9.17, 15) is 0 Å². The van der Waals surface area contributed by atoms with Crippen molar-refractivity contribution in [2.75, 3.05) is 0 Å². The number of aromatic nitrogens is 2. The van der Waals surface area contributed by atoms with Crippen molar-refractivity contribution < 1.29 is 0 Å². The van der Waals surface area contributed by atoms with Crippen molar-refractivity contribution in [1.29, 1.82) is 5.26 Å². The molecule has 3 rings (SSSR count). The maximum atomic E-state index is 9.11. The number of hydrogen-bond donors (Lipinski definition) is 0. The Labute approximate surface area is 108 Å². The molecule has 0 aromatic carbocycles. The molecule has 5 heteroatoms. The molecule has 0 amide bonds. The van der Waals surface area contributed by atoms with Gasteiger partial charge in [0.15, 0.2) is 11.5 Å². The topological polar surface area (TPSA) is 41.6 Å². The van der Waals surface area contributed by atoms with E-state index >= 15 is 0 Å². The highest BCUT2D eigenvalue weighted by atomic mass is 35.5. The molecule has 0 saturated carbocycles. The average Bonchev–Trinajstić information content (AvgIpc) is 2.92. The molecule has 0 saturated heterocycles. The van der Waals surface area contributed by atoms with E-state index in [1.165, 1.54) is 11.3 Å². The van der Waals surface area contributed by atoms with Crippen molar-refractivity contribution in [3.8, 4) is 16.8 Å². The minimum absolute atomic E-state index is 0.573. The Hall–Kier alpha value is -1.31. The van der Waals surface area contributed by atoms with Crippen LogP contribution in [-0.4, -0.2) is 9.55 Å². The van der Waals surface area contributed by atoms with Crippen LogP contribution in [0.25, 0.3) is 10.7 Å². The van der Waals surface area contributed by atoms with Crippen molar-refractivity contribution in [3.63, 3.8) is 0 Å². The number of nitrogens with zero attached hydrogens (tertiary/aromatic N) is 3. The Morgan fingerprint density at radius 1 is 1.41 bits per heavy atom. The Morgan fingerprint density at radius 2 is 2.29 bits per heavy atom. The van der Waals surface area contributed by atoms with Gasteiger partial charge in [0.05, 0.1) is 14.9 Å². The summed E-state index contributed by atoms with van der Waals surface area (Å²) < 4.78 is 2.93. The van der Waals surface area contributed by atoms with Crippen molar-refractivity contribution in [2.45, 2.75) is 25.8 Å². The maximum absolute atomic E-state index is 9.11. The highest BCUT2D eigenvalue weighted by Crippen LogP contribution is 2.33. The second-order valence-corrected chi connectivity index (χ2v) is 5.77. The highest BCUT2D eigenvalue weighted by Gasteiger charge is 2.21. The number of hydrogen-bond acceptors (Lipinski definition) is 3. The van der Waals surface area contributed by atoms with E-state index in [1.807, 2.05) is 12.1 Å². The van der Waals surface area contributed by atoms with Gasteiger partial charge in [0.1, 0.15) is 6.07 Å². The molecule has 17 heavy (non-hydrogen) atoms. The lowest BCUT2D eigenvalue weighted by atomic mass is 10.1. The van der Waals surface area contributed by atoms with Crippen LogP contribution in [0.1, 0.15) is 24.2 Å². The summed E-state index contributed by atoms with van der Waals surface area (Å²) in [7, 11) is 0. The molecule has 3 heterocycles. The van der Waals surface area contributed by atoms with Crippen LogP contribution in [0.2, 0.25) is 4.34 Å². The molecule has 1 aliphatic rings. The van der Waals surface area contributed by atoms with Gasteiger partial charge in [-0.1, -0.05) is 11.6 Å². The van der Waals surface area contributed by atoms with Gasteiger partial charge in [-0.25, -0.2) is 4.98 Å². The van der Waals surface area contributed by atoms with Gasteiger partial charge < -0.3 is 4.57 Å². The molecule has 0 N–H and O–H groups in total. The van der Waals surface area contributed by atoms with E-state index < -0.39 is 0 Å². The maximum Gasteiger partial charge on any atom is 0.162 e. The van der Waals surface area contributed by atoms with Crippen molar-refractivity contribution in [3.05, 3.63) is 27.9 Å². The molecule has 3 nitrogen and oxygen atoms in total. The van der Waals surface area contributed by atoms with Crippen LogP contribution in [-0.2, 0) is 13.0 Å². The lowest BCUT2D eigenvalue weighted by Crippen LogP contribution is -2.11. The van der Waals surface area contributed by atoms with Gasteiger partial charge in [-0.3, -0.25) is 0 Å². The third kappa shape index (κ3) is 1.76. The van der Waals surface area contributed by atoms with E-state index in [4.69, 9.17) is 16.9 Å². The normalized spacial score (nSPS) is 14.4. The van der Waals surface area contributed by atoms with E-state index in [-0.39, 0.29) is 0 Å². The van der Waals surface area contributed by atoms with Crippen LogP contribution in [0.5, 0.6) is 0 Å². The lowest BCUT2D eigenvalue weighted by Gasteiger charge is -2.15. The summed E-state index contributed by atoms with van der Waals surface area (Å²) in [5.74, 6) is 0.896. The van der Waals surface area contributed by atoms with E-state index in [0.29, 0.717) is 5.69 Å². The number of imidazole rings is 1. The zero-order valence-electron chi connectivity index (χ0n) is 9.11. The zero-order valence-corrected chi connectivity index (χ0v) is 10.7. The van der Waals surface area contributed by atoms with Gasteiger partial charge in [-0.2, -0.15) is 5.26 Å². The van der Waals surface area contributed by atoms with Gasteiger partial charge in [0, 0.05) is 6.54 Å². The van der Waals surface area contributed by atoms with Crippen molar-refractivity contribution in [2.24, 2.45) is 0 Å². The van der Waals surface area contributed by atoms with Crippen molar-refractivity contribution >= 4 is 22.9 Å². The fourth-order valence-corrected chi connectivity index (χ4v) is 3.30. The Bertz CT molecular complexity index is 606. The third-order valence-corrected chi connectivity index (χ3v) is 4.24. The second-order valence-electron chi connectivity index (χ2n) is 4.06. The molecule has 0 spiro atoms. The minimum atomic E-state index is 0.573. The van der Waals surface area contributed by atoms with Crippen LogP contribution in [0.4, 0.5) is 0 Å². The molecular weight excluding hydrogens is 254 g/mol. The number of fused-ring (bicyclic) bond motifs is 1. The molecule has 0 atom stereocenters. The van der Waals surface area contributed by atoms with Crippen LogP contribution in [0, 0.1) is 11.3 Å².